The Balaban J connectivity index is 2.26. The van der Waals surface area contributed by atoms with E-state index in [1.807, 2.05) is 36.4 Å². The number of benzene rings is 2. The summed E-state index contributed by atoms with van der Waals surface area (Å²) in [5.74, 6) is 0.876. The summed E-state index contributed by atoms with van der Waals surface area (Å²) in [4.78, 5) is 0. The molecule has 2 nitrogen and oxygen atoms in total. The lowest BCUT2D eigenvalue weighted by Crippen LogP contribution is -2.08. The van der Waals surface area contributed by atoms with Crippen LogP contribution in [-0.4, -0.2) is 7.11 Å². The van der Waals surface area contributed by atoms with Crippen LogP contribution in [0, 0.1) is 0 Å². The predicted molar refractivity (Wildman–Crippen MR) is 84.2 cm³/mol. The van der Waals surface area contributed by atoms with Crippen molar-refractivity contribution in [3.05, 3.63) is 57.5 Å². The average molecular weight is 341 g/mol. The van der Waals surface area contributed by atoms with Gasteiger partial charge in [-0.1, -0.05) is 35.9 Å². The number of hydrogen-bond acceptors (Lipinski definition) is 2. The molecule has 0 aliphatic rings. The Morgan fingerprint density at radius 3 is 2.63 bits per heavy atom. The lowest BCUT2D eigenvalue weighted by atomic mass is 10.1. The molecular formula is C15H15BrClNO. The van der Waals surface area contributed by atoms with Crippen LogP contribution < -0.4 is 10.1 Å². The van der Waals surface area contributed by atoms with E-state index in [0.717, 1.165) is 21.5 Å². The fraction of sp³-hybridized carbons (Fsp3) is 0.200. The van der Waals surface area contributed by atoms with E-state index in [0.29, 0.717) is 5.02 Å². The molecule has 100 valence electrons. The molecule has 2 aromatic carbocycles. The highest BCUT2D eigenvalue weighted by Crippen LogP contribution is 2.34. The Bertz CT molecular complexity index is 574. The van der Waals surface area contributed by atoms with Gasteiger partial charge in [0.15, 0.2) is 0 Å². The lowest BCUT2D eigenvalue weighted by molar-refractivity contribution is 0.408. The second kappa shape index (κ2) is 6.31. The van der Waals surface area contributed by atoms with Crippen LogP contribution in [0.5, 0.6) is 5.75 Å². The number of ether oxygens (including phenoxy) is 1. The van der Waals surface area contributed by atoms with Gasteiger partial charge in [-0.15, -0.1) is 0 Å². The Hall–Kier alpha value is -1.19. The summed E-state index contributed by atoms with van der Waals surface area (Å²) in [6, 6.07) is 13.9. The molecule has 1 N–H and O–H groups in total. The van der Waals surface area contributed by atoms with E-state index in [-0.39, 0.29) is 6.04 Å². The van der Waals surface area contributed by atoms with Gasteiger partial charge in [0, 0.05) is 5.56 Å². The smallest absolute Gasteiger partial charge is 0.124 e. The van der Waals surface area contributed by atoms with Gasteiger partial charge < -0.3 is 10.1 Å². The molecule has 0 radical (unpaired) electrons. The number of anilines is 1. The van der Waals surface area contributed by atoms with Crippen LogP contribution in [0.15, 0.2) is 46.9 Å². The fourth-order valence-electron chi connectivity index (χ4n) is 1.95. The Morgan fingerprint density at radius 1 is 1.16 bits per heavy atom. The summed E-state index contributed by atoms with van der Waals surface area (Å²) in [6.07, 6.45) is 0. The van der Waals surface area contributed by atoms with Crippen molar-refractivity contribution in [3.63, 3.8) is 0 Å². The molecule has 0 saturated heterocycles. The molecule has 0 heterocycles. The first kappa shape index (κ1) is 14.2. The normalized spacial score (nSPS) is 12.0. The minimum absolute atomic E-state index is 0.117. The zero-order valence-electron chi connectivity index (χ0n) is 10.8. The fourth-order valence-corrected chi connectivity index (χ4v) is 2.50. The van der Waals surface area contributed by atoms with Gasteiger partial charge >= 0.3 is 0 Å². The minimum Gasteiger partial charge on any atom is -0.496 e. The van der Waals surface area contributed by atoms with E-state index in [2.05, 4.69) is 34.2 Å². The first-order chi connectivity index (χ1) is 9.13. The molecule has 0 aliphatic heterocycles. The molecule has 1 unspecified atom stereocenters. The number of rotatable bonds is 4. The SMILES string of the molecule is COc1ccccc1C(C)Nc1cccc(Cl)c1Br. The molecule has 2 aromatic rings. The number of methoxy groups -OCH3 is 1. The van der Waals surface area contributed by atoms with Crippen LogP contribution in [0.4, 0.5) is 5.69 Å². The third-order valence-electron chi connectivity index (χ3n) is 2.93. The molecule has 0 saturated carbocycles. The second-order valence-corrected chi connectivity index (χ2v) is 5.41. The highest BCUT2D eigenvalue weighted by molar-refractivity contribution is 9.10. The van der Waals surface area contributed by atoms with Crippen molar-refractivity contribution in [1.82, 2.24) is 0 Å². The van der Waals surface area contributed by atoms with Crippen LogP contribution in [0.2, 0.25) is 5.02 Å². The van der Waals surface area contributed by atoms with E-state index >= 15 is 0 Å². The van der Waals surface area contributed by atoms with Crippen LogP contribution in [-0.2, 0) is 0 Å². The maximum atomic E-state index is 6.09. The summed E-state index contributed by atoms with van der Waals surface area (Å²) in [5, 5.41) is 4.12. The zero-order valence-corrected chi connectivity index (χ0v) is 13.1. The summed E-state index contributed by atoms with van der Waals surface area (Å²) >= 11 is 9.58. The van der Waals surface area contributed by atoms with E-state index in [1.165, 1.54) is 0 Å². The van der Waals surface area contributed by atoms with E-state index < -0.39 is 0 Å². The molecule has 1 atom stereocenters. The summed E-state index contributed by atoms with van der Waals surface area (Å²) < 4.78 is 6.25. The van der Waals surface area contributed by atoms with Crippen LogP contribution in [0.1, 0.15) is 18.5 Å². The third-order valence-corrected chi connectivity index (χ3v) is 4.33. The maximum Gasteiger partial charge on any atom is 0.124 e. The first-order valence-corrected chi connectivity index (χ1v) is 7.14. The maximum absolute atomic E-state index is 6.09. The molecule has 2 rings (SSSR count). The summed E-state index contributed by atoms with van der Waals surface area (Å²) in [5.41, 5.74) is 2.07. The molecule has 0 fully saturated rings. The van der Waals surface area contributed by atoms with E-state index in [4.69, 9.17) is 16.3 Å². The van der Waals surface area contributed by atoms with E-state index in [9.17, 15) is 0 Å². The predicted octanol–water partition coefficient (Wildman–Crippen LogP) is 5.28. The van der Waals surface area contributed by atoms with Crippen LogP contribution in [0.3, 0.4) is 0 Å². The highest BCUT2D eigenvalue weighted by atomic mass is 79.9. The topological polar surface area (TPSA) is 21.3 Å². The largest absolute Gasteiger partial charge is 0.496 e. The van der Waals surface area contributed by atoms with Crippen LogP contribution in [0.25, 0.3) is 0 Å². The van der Waals surface area contributed by atoms with Gasteiger partial charge in [0.1, 0.15) is 5.75 Å². The van der Waals surface area contributed by atoms with Gasteiger partial charge in [-0.05, 0) is 41.1 Å². The Labute approximate surface area is 126 Å². The standard InChI is InChI=1S/C15H15BrClNO/c1-10(11-6-3-4-9-14(11)19-2)18-13-8-5-7-12(17)15(13)16/h3-10,18H,1-2H3. The second-order valence-electron chi connectivity index (χ2n) is 4.21. The zero-order chi connectivity index (χ0) is 13.8. The third kappa shape index (κ3) is 3.23. The van der Waals surface area contributed by atoms with Crippen molar-refractivity contribution < 1.29 is 4.74 Å². The molecule has 0 aliphatic carbocycles. The lowest BCUT2D eigenvalue weighted by Gasteiger charge is -2.19. The monoisotopic (exact) mass is 339 g/mol. The Morgan fingerprint density at radius 2 is 1.89 bits per heavy atom. The Kier molecular flexibility index (Phi) is 4.72. The number of para-hydroxylation sites is 1. The molecule has 0 spiro atoms. The number of halogens is 2. The summed E-state index contributed by atoms with van der Waals surface area (Å²) in [6.45, 7) is 2.09. The average Bonchev–Trinajstić information content (AvgIpc) is 2.43. The molecular weight excluding hydrogens is 326 g/mol. The highest BCUT2D eigenvalue weighted by Gasteiger charge is 2.12. The molecule has 0 aromatic heterocycles. The van der Waals surface area contributed by atoms with Gasteiger partial charge in [-0.3, -0.25) is 0 Å². The van der Waals surface area contributed by atoms with Gasteiger partial charge in [-0.25, -0.2) is 0 Å². The first-order valence-electron chi connectivity index (χ1n) is 5.97. The summed E-state index contributed by atoms with van der Waals surface area (Å²) in [7, 11) is 1.68. The molecule has 0 amide bonds. The number of hydrogen-bond donors (Lipinski definition) is 1. The van der Waals surface area contributed by atoms with Gasteiger partial charge in [0.25, 0.3) is 0 Å². The van der Waals surface area contributed by atoms with Gasteiger partial charge in [0.2, 0.25) is 0 Å². The quantitative estimate of drug-likeness (QED) is 0.817. The van der Waals surface area contributed by atoms with Crippen molar-refractivity contribution in [1.29, 1.82) is 0 Å². The van der Waals surface area contributed by atoms with Crippen molar-refractivity contribution in [2.75, 3.05) is 12.4 Å². The molecule has 4 heteroatoms. The minimum atomic E-state index is 0.117. The van der Waals surface area contributed by atoms with Crippen LogP contribution >= 0.6 is 27.5 Å². The van der Waals surface area contributed by atoms with Crippen molar-refractivity contribution in [3.8, 4) is 5.75 Å². The molecule has 19 heavy (non-hydrogen) atoms. The molecule has 0 bridgehead atoms. The van der Waals surface area contributed by atoms with E-state index in [1.54, 1.807) is 7.11 Å². The number of nitrogens with one attached hydrogen (secondary N) is 1. The van der Waals surface area contributed by atoms with Crippen molar-refractivity contribution in [2.24, 2.45) is 0 Å². The van der Waals surface area contributed by atoms with Gasteiger partial charge in [-0.2, -0.15) is 0 Å². The van der Waals surface area contributed by atoms with Gasteiger partial charge in [0.05, 0.1) is 28.3 Å². The van der Waals surface area contributed by atoms with Crippen molar-refractivity contribution >= 4 is 33.2 Å². The van der Waals surface area contributed by atoms with Crippen molar-refractivity contribution in [2.45, 2.75) is 13.0 Å².